The van der Waals surface area contributed by atoms with Gasteiger partial charge in [-0.3, -0.25) is 14.4 Å². The number of ether oxygens (including phenoxy) is 3. The molecule has 0 radical (unpaired) electrons. The van der Waals surface area contributed by atoms with Crippen molar-refractivity contribution in [2.24, 2.45) is 0 Å². The van der Waals surface area contributed by atoms with Crippen LogP contribution in [-0.2, 0) is 16.0 Å². The number of rotatable bonds is 13. The molecule has 2 saturated heterocycles. The largest absolute Gasteiger partial charge is 0.494 e. The van der Waals surface area contributed by atoms with Crippen LogP contribution in [0.5, 0.6) is 17.2 Å². The van der Waals surface area contributed by atoms with Crippen molar-refractivity contribution in [1.82, 2.24) is 15.1 Å². The van der Waals surface area contributed by atoms with E-state index in [0.29, 0.717) is 69.2 Å². The smallest absolute Gasteiger partial charge is 0.253 e. The normalized spacial score (nSPS) is 15.6. The third kappa shape index (κ3) is 7.22. The van der Waals surface area contributed by atoms with E-state index in [1.165, 1.54) is 0 Å². The zero-order valence-corrected chi connectivity index (χ0v) is 27.0. The number of nitrogens with zero attached hydrogens (tertiary/aromatic N) is 3. The second-order valence-corrected chi connectivity index (χ2v) is 11.7. The minimum Gasteiger partial charge on any atom is -0.494 e. The first-order chi connectivity index (χ1) is 22.4. The van der Waals surface area contributed by atoms with Crippen LogP contribution in [0.1, 0.15) is 48.5 Å². The Balaban J connectivity index is 1.21. The number of hydrogen-bond acceptors (Lipinski definition) is 7. The van der Waals surface area contributed by atoms with E-state index in [1.807, 2.05) is 65.6 Å². The monoisotopic (exact) mass is 628 g/mol. The molecular formula is C36H44N4O6. The highest BCUT2D eigenvalue weighted by Gasteiger charge is 2.54. The molecular weight excluding hydrogens is 584 g/mol. The van der Waals surface area contributed by atoms with Crippen LogP contribution in [0.25, 0.3) is 0 Å². The number of carbonyl (C=O) groups excluding carboxylic acids is 3. The van der Waals surface area contributed by atoms with Crippen LogP contribution in [0, 0.1) is 0 Å². The van der Waals surface area contributed by atoms with Crippen LogP contribution in [0.3, 0.4) is 0 Å². The molecule has 0 bridgehead atoms. The summed E-state index contributed by atoms with van der Waals surface area (Å²) in [6.07, 6.45) is 3.60. The molecule has 2 fully saturated rings. The predicted octanol–water partition coefficient (Wildman–Crippen LogP) is 4.52. The van der Waals surface area contributed by atoms with Gasteiger partial charge in [0.2, 0.25) is 5.91 Å². The van der Waals surface area contributed by atoms with Gasteiger partial charge < -0.3 is 34.2 Å². The van der Waals surface area contributed by atoms with Gasteiger partial charge in [-0.05, 0) is 79.8 Å². The topological polar surface area (TPSA) is 101 Å². The van der Waals surface area contributed by atoms with E-state index in [1.54, 1.807) is 31.3 Å². The molecule has 2 aliphatic heterocycles. The van der Waals surface area contributed by atoms with Crippen LogP contribution in [0.15, 0.2) is 72.8 Å². The van der Waals surface area contributed by atoms with Crippen molar-refractivity contribution in [3.8, 4) is 17.2 Å². The highest BCUT2D eigenvalue weighted by atomic mass is 16.5. The summed E-state index contributed by atoms with van der Waals surface area (Å²) >= 11 is 0. The van der Waals surface area contributed by atoms with Crippen LogP contribution in [0.2, 0.25) is 0 Å². The summed E-state index contributed by atoms with van der Waals surface area (Å²) in [5, 5.41) is 2.96. The van der Waals surface area contributed by atoms with Gasteiger partial charge in [-0.25, -0.2) is 0 Å². The summed E-state index contributed by atoms with van der Waals surface area (Å²) in [6, 6.07) is 22.8. The van der Waals surface area contributed by atoms with Gasteiger partial charge in [0, 0.05) is 30.9 Å². The van der Waals surface area contributed by atoms with Gasteiger partial charge in [-0.1, -0.05) is 37.6 Å². The highest BCUT2D eigenvalue weighted by Crippen LogP contribution is 2.39. The van der Waals surface area contributed by atoms with Crippen molar-refractivity contribution < 1.29 is 28.6 Å². The minimum atomic E-state index is -0.824. The quantitative estimate of drug-likeness (QED) is 0.278. The number of piperidine rings is 1. The molecule has 3 amide bonds. The van der Waals surface area contributed by atoms with Crippen molar-refractivity contribution >= 4 is 23.4 Å². The second kappa shape index (κ2) is 15.0. The molecule has 0 unspecified atom stereocenters. The van der Waals surface area contributed by atoms with Crippen molar-refractivity contribution in [3.05, 3.63) is 83.9 Å². The molecule has 0 aliphatic carbocycles. The van der Waals surface area contributed by atoms with E-state index in [4.69, 9.17) is 14.2 Å². The van der Waals surface area contributed by atoms with Gasteiger partial charge in [0.15, 0.2) is 11.5 Å². The number of amides is 3. The maximum Gasteiger partial charge on any atom is 0.253 e. The summed E-state index contributed by atoms with van der Waals surface area (Å²) in [7, 11) is 3.18. The first-order valence-corrected chi connectivity index (χ1v) is 16.0. The summed E-state index contributed by atoms with van der Waals surface area (Å²) < 4.78 is 16.4. The number of carbonyl (C=O) groups is 3. The molecule has 1 N–H and O–H groups in total. The Labute approximate surface area is 271 Å². The van der Waals surface area contributed by atoms with Crippen LogP contribution >= 0.6 is 0 Å². The lowest BCUT2D eigenvalue weighted by Crippen LogP contribution is -2.57. The maximum absolute atomic E-state index is 14.1. The van der Waals surface area contributed by atoms with E-state index in [0.717, 1.165) is 29.8 Å². The van der Waals surface area contributed by atoms with Crippen molar-refractivity contribution in [2.75, 3.05) is 58.6 Å². The Hall–Kier alpha value is -4.73. The number of para-hydroxylation sites is 1. The van der Waals surface area contributed by atoms with Crippen molar-refractivity contribution in [2.45, 2.75) is 44.6 Å². The molecule has 2 heterocycles. The van der Waals surface area contributed by atoms with Gasteiger partial charge in [0.1, 0.15) is 17.8 Å². The average Bonchev–Trinajstić information content (AvgIpc) is 3.35. The van der Waals surface area contributed by atoms with Crippen LogP contribution < -0.4 is 24.4 Å². The average molecular weight is 629 g/mol. The van der Waals surface area contributed by atoms with E-state index in [2.05, 4.69) is 17.1 Å². The Morgan fingerprint density at radius 3 is 2.30 bits per heavy atom. The first kappa shape index (κ1) is 32.7. The first-order valence-electron chi connectivity index (χ1n) is 16.0. The van der Waals surface area contributed by atoms with Gasteiger partial charge >= 0.3 is 0 Å². The fraction of sp³-hybridized carbons (Fsp3) is 0.417. The molecule has 3 aromatic carbocycles. The van der Waals surface area contributed by atoms with Gasteiger partial charge in [-0.2, -0.15) is 0 Å². The molecule has 10 heteroatoms. The fourth-order valence-corrected chi connectivity index (χ4v) is 6.22. The Morgan fingerprint density at radius 1 is 0.913 bits per heavy atom. The predicted molar refractivity (Wildman–Crippen MR) is 176 cm³/mol. The van der Waals surface area contributed by atoms with E-state index in [-0.39, 0.29) is 24.3 Å². The zero-order valence-electron chi connectivity index (χ0n) is 27.0. The highest BCUT2D eigenvalue weighted by molar-refractivity contribution is 5.97. The van der Waals surface area contributed by atoms with Crippen molar-refractivity contribution in [1.29, 1.82) is 0 Å². The number of nitrogens with one attached hydrogen (secondary N) is 1. The standard InChI is InChI=1S/C36H44N4O6/c1-4-5-23-46-30-14-12-28(13-15-30)34(42)38-21-18-36(19-22-38)35(43)39(26-40(36)29-9-7-6-8-10-29)25-33(41)37-20-17-27-11-16-31(44-2)32(24-27)45-3/h6-16,24H,4-5,17-23,25-26H2,1-3H3,(H,37,41). The maximum atomic E-state index is 14.1. The van der Waals surface area contributed by atoms with E-state index in [9.17, 15) is 14.4 Å². The Kier molecular flexibility index (Phi) is 10.7. The minimum absolute atomic E-state index is 0.0365. The number of methoxy groups -OCH3 is 2. The lowest BCUT2D eigenvalue weighted by molar-refractivity contribution is -0.137. The van der Waals surface area contributed by atoms with Crippen molar-refractivity contribution in [3.63, 3.8) is 0 Å². The zero-order chi connectivity index (χ0) is 32.5. The van der Waals surface area contributed by atoms with E-state index < -0.39 is 5.54 Å². The van der Waals surface area contributed by atoms with Gasteiger partial charge in [0.25, 0.3) is 11.8 Å². The molecule has 3 aromatic rings. The SMILES string of the molecule is CCCCOc1ccc(C(=O)N2CCC3(CC2)C(=O)N(CC(=O)NCCc2ccc(OC)c(OC)c2)CN3c2ccccc2)cc1. The fourth-order valence-electron chi connectivity index (χ4n) is 6.22. The molecule has 1 spiro atoms. The van der Waals surface area contributed by atoms with E-state index >= 15 is 0 Å². The lowest BCUT2D eigenvalue weighted by Gasteiger charge is -2.43. The molecule has 0 saturated carbocycles. The van der Waals surface area contributed by atoms with Crippen LogP contribution in [-0.4, -0.2) is 86.7 Å². The number of hydrogen-bond donors (Lipinski definition) is 1. The van der Waals surface area contributed by atoms with Crippen LogP contribution in [0.4, 0.5) is 5.69 Å². The summed E-state index contributed by atoms with van der Waals surface area (Å²) in [6.45, 7) is 4.34. The van der Waals surface area contributed by atoms with Gasteiger partial charge in [-0.15, -0.1) is 0 Å². The molecule has 2 aliphatic rings. The van der Waals surface area contributed by atoms with Gasteiger partial charge in [0.05, 0.1) is 27.5 Å². The summed E-state index contributed by atoms with van der Waals surface area (Å²) in [4.78, 5) is 46.1. The number of benzene rings is 3. The number of unbranched alkanes of at least 4 members (excludes halogenated alkanes) is 1. The Bertz CT molecular complexity index is 1490. The molecule has 0 atom stereocenters. The number of likely N-dealkylation sites (tertiary alicyclic amines) is 1. The third-order valence-electron chi connectivity index (χ3n) is 8.85. The molecule has 5 rings (SSSR count). The second-order valence-electron chi connectivity index (χ2n) is 11.7. The summed E-state index contributed by atoms with van der Waals surface area (Å²) in [5.41, 5.74) is 1.70. The molecule has 0 aromatic heterocycles. The molecule has 46 heavy (non-hydrogen) atoms. The molecule has 244 valence electrons. The lowest BCUT2D eigenvalue weighted by atomic mass is 9.85. The summed E-state index contributed by atoms with van der Waals surface area (Å²) in [5.74, 6) is 1.69. The number of anilines is 1. The molecule has 10 nitrogen and oxygen atoms in total. The Morgan fingerprint density at radius 2 is 1.63 bits per heavy atom. The third-order valence-corrected chi connectivity index (χ3v) is 8.85.